The van der Waals surface area contributed by atoms with Crippen molar-refractivity contribution in [3.05, 3.63) is 23.4 Å². The van der Waals surface area contributed by atoms with Gasteiger partial charge in [-0.25, -0.2) is 9.78 Å². The standard InChI is InChI=1S/C12H17NO3/c1-8(2)6-7-16-11-5-4-10(12(14)15)9(3)13-11/h4-5,8H,6-7H2,1-3H3,(H,14,15). The average Bonchev–Trinajstić information content (AvgIpc) is 2.16. The van der Waals surface area contributed by atoms with Crippen molar-refractivity contribution in [3.8, 4) is 5.88 Å². The minimum absolute atomic E-state index is 0.219. The van der Waals surface area contributed by atoms with Crippen LogP contribution in [0.15, 0.2) is 12.1 Å². The lowest BCUT2D eigenvalue weighted by Crippen LogP contribution is -2.06. The Hall–Kier alpha value is -1.58. The van der Waals surface area contributed by atoms with Gasteiger partial charge < -0.3 is 9.84 Å². The molecule has 0 spiro atoms. The number of hydrogen-bond acceptors (Lipinski definition) is 3. The molecule has 1 heterocycles. The van der Waals surface area contributed by atoms with Crippen molar-refractivity contribution in [2.24, 2.45) is 5.92 Å². The van der Waals surface area contributed by atoms with E-state index in [1.165, 1.54) is 6.07 Å². The molecule has 4 heteroatoms. The predicted molar refractivity (Wildman–Crippen MR) is 60.9 cm³/mol. The first-order valence-corrected chi connectivity index (χ1v) is 5.34. The second kappa shape index (κ2) is 5.49. The summed E-state index contributed by atoms with van der Waals surface area (Å²) in [5.41, 5.74) is 0.700. The highest BCUT2D eigenvalue weighted by Crippen LogP contribution is 2.13. The fourth-order valence-electron chi connectivity index (χ4n) is 1.24. The molecule has 1 aromatic rings. The Kier molecular flexibility index (Phi) is 4.28. The number of hydrogen-bond donors (Lipinski definition) is 1. The smallest absolute Gasteiger partial charge is 0.337 e. The van der Waals surface area contributed by atoms with E-state index in [-0.39, 0.29) is 5.56 Å². The van der Waals surface area contributed by atoms with Crippen molar-refractivity contribution in [1.29, 1.82) is 0 Å². The van der Waals surface area contributed by atoms with Crippen molar-refractivity contribution in [2.75, 3.05) is 6.61 Å². The van der Waals surface area contributed by atoms with E-state index < -0.39 is 5.97 Å². The third kappa shape index (κ3) is 3.53. The second-order valence-corrected chi connectivity index (χ2v) is 4.12. The highest BCUT2D eigenvalue weighted by Gasteiger charge is 2.08. The van der Waals surface area contributed by atoms with Gasteiger partial charge >= 0.3 is 5.97 Å². The van der Waals surface area contributed by atoms with Crippen LogP contribution in [0.5, 0.6) is 5.88 Å². The van der Waals surface area contributed by atoms with E-state index in [1.807, 2.05) is 0 Å². The van der Waals surface area contributed by atoms with Crippen molar-refractivity contribution in [1.82, 2.24) is 4.98 Å². The summed E-state index contributed by atoms with van der Waals surface area (Å²) >= 11 is 0. The van der Waals surface area contributed by atoms with Gasteiger partial charge in [0.15, 0.2) is 0 Å². The maximum Gasteiger partial charge on any atom is 0.337 e. The molecule has 4 nitrogen and oxygen atoms in total. The number of nitrogens with zero attached hydrogens (tertiary/aromatic N) is 1. The Bertz CT molecular complexity index is 375. The lowest BCUT2D eigenvalue weighted by molar-refractivity contribution is 0.0695. The lowest BCUT2D eigenvalue weighted by atomic mass is 10.1. The number of carboxylic acids is 1. The van der Waals surface area contributed by atoms with Crippen LogP contribution < -0.4 is 4.74 Å². The number of carbonyl (C=O) groups is 1. The van der Waals surface area contributed by atoms with E-state index in [9.17, 15) is 4.79 Å². The molecule has 0 radical (unpaired) electrons. The number of aromatic carboxylic acids is 1. The molecule has 0 aliphatic heterocycles. The van der Waals surface area contributed by atoms with Gasteiger partial charge in [0.1, 0.15) is 0 Å². The number of rotatable bonds is 5. The summed E-state index contributed by atoms with van der Waals surface area (Å²) in [7, 11) is 0. The normalized spacial score (nSPS) is 10.5. The fourth-order valence-corrected chi connectivity index (χ4v) is 1.24. The van der Waals surface area contributed by atoms with Crippen LogP contribution in [-0.4, -0.2) is 22.7 Å². The molecule has 1 aromatic heterocycles. The van der Waals surface area contributed by atoms with E-state index in [2.05, 4.69) is 18.8 Å². The molecule has 0 saturated carbocycles. The molecule has 0 amide bonds. The summed E-state index contributed by atoms with van der Waals surface area (Å²) < 4.78 is 5.43. The van der Waals surface area contributed by atoms with Gasteiger partial charge in [-0.1, -0.05) is 13.8 Å². The van der Waals surface area contributed by atoms with Crippen molar-refractivity contribution in [2.45, 2.75) is 27.2 Å². The van der Waals surface area contributed by atoms with Gasteiger partial charge in [-0.05, 0) is 25.3 Å². The van der Waals surface area contributed by atoms with Gasteiger partial charge in [-0.2, -0.15) is 0 Å². The molecule has 0 bridgehead atoms. The predicted octanol–water partition coefficient (Wildman–Crippen LogP) is 2.51. The van der Waals surface area contributed by atoms with Gasteiger partial charge in [0.25, 0.3) is 0 Å². The summed E-state index contributed by atoms with van der Waals surface area (Å²) in [6, 6.07) is 3.12. The maximum atomic E-state index is 10.8. The molecule has 0 saturated heterocycles. The Morgan fingerprint density at radius 2 is 2.19 bits per heavy atom. The average molecular weight is 223 g/mol. The summed E-state index contributed by atoms with van der Waals surface area (Å²) in [6.45, 7) is 6.51. The molecule has 0 aromatic carbocycles. The molecule has 1 N–H and O–H groups in total. The molecule has 0 aliphatic carbocycles. The summed E-state index contributed by atoms with van der Waals surface area (Å²) in [4.78, 5) is 14.8. The molecule has 0 unspecified atom stereocenters. The Labute approximate surface area is 95.3 Å². The molecule has 0 atom stereocenters. The molecule has 1 rings (SSSR count). The van der Waals surface area contributed by atoms with Crippen LogP contribution in [0.2, 0.25) is 0 Å². The Morgan fingerprint density at radius 1 is 1.50 bits per heavy atom. The second-order valence-electron chi connectivity index (χ2n) is 4.12. The zero-order valence-corrected chi connectivity index (χ0v) is 9.86. The van der Waals surface area contributed by atoms with Crippen LogP contribution in [-0.2, 0) is 0 Å². The van der Waals surface area contributed by atoms with E-state index in [0.29, 0.717) is 24.1 Å². The summed E-state index contributed by atoms with van der Waals surface area (Å²) in [5.74, 6) is 0.112. The van der Waals surface area contributed by atoms with Gasteiger partial charge in [-0.3, -0.25) is 0 Å². The minimum atomic E-state index is -0.960. The first-order valence-electron chi connectivity index (χ1n) is 5.34. The maximum absolute atomic E-state index is 10.8. The number of aromatic nitrogens is 1. The van der Waals surface area contributed by atoms with Gasteiger partial charge in [0.2, 0.25) is 5.88 Å². The van der Waals surface area contributed by atoms with Crippen LogP contribution in [0.4, 0.5) is 0 Å². The highest BCUT2D eigenvalue weighted by atomic mass is 16.5. The lowest BCUT2D eigenvalue weighted by Gasteiger charge is -2.08. The first kappa shape index (κ1) is 12.5. The van der Waals surface area contributed by atoms with Crippen LogP contribution in [0, 0.1) is 12.8 Å². The van der Waals surface area contributed by atoms with Crippen molar-refractivity contribution in [3.63, 3.8) is 0 Å². The van der Waals surface area contributed by atoms with E-state index in [1.54, 1.807) is 13.0 Å². The van der Waals surface area contributed by atoms with E-state index in [0.717, 1.165) is 6.42 Å². The molecule has 0 aliphatic rings. The number of ether oxygens (including phenoxy) is 1. The third-order valence-corrected chi connectivity index (χ3v) is 2.24. The van der Waals surface area contributed by atoms with Crippen LogP contribution >= 0.6 is 0 Å². The SMILES string of the molecule is Cc1nc(OCCC(C)C)ccc1C(=O)O. The molecular formula is C12H17NO3. The van der Waals surface area contributed by atoms with Crippen LogP contribution in [0.1, 0.15) is 36.3 Å². The zero-order valence-electron chi connectivity index (χ0n) is 9.86. The van der Waals surface area contributed by atoms with Gasteiger partial charge in [0.05, 0.1) is 17.9 Å². The molecule has 16 heavy (non-hydrogen) atoms. The zero-order chi connectivity index (χ0) is 12.1. The van der Waals surface area contributed by atoms with E-state index >= 15 is 0 Å². The largest absolute Gasteiger partial charge is 0.478 e. The van der Waals surface area contributed by atoms with Crippen LogP contribution in [0.25, 0.3) is 0 Å². The first-order chi connectivity index (χ1) is 7.50. The summed E-state index contributed by atoms with van der Waals surface area (Å²) in [5, 5.41) is 8.82. The topological polar surface area (TPSA) is 59.4 Å². The number of aryl methyl sites for hydroxylation is 1. The third-order valence-electron chi connectivity index (χ3n) is 2.24. The monoisotopic (exact) mass is 223 g/mol. The molecule has 88 valence electrons. The van der Waals surface area contributed by atoms with Gasteiger partial charge in [-0.15, -0.1) is 0 Å². The number of carboxylic acid groups (broad SMARTS) is 1. The quantitative estimate of drug-likeness (QED) is 0.833. The van der Waals surface area contributed by atoms with Gasteiger partial charge in [0, 0.05) is 6.07 Å². The fraction of sp³-hybridized carbons (Fsp3) is 0.500. The van der Waals surface area contributed by atoms with Crippen molar-refractivity contribution >= 4 is 5.97 Å². The molecular weight excluding hydrogens is 206 g/mol. The highest BCUT2D eigenvalue weighted by molar-refractivity contribution is 5.88. The number of pyridine rings is 1. The summed E-state index contributed by atoms with van der Waals surface area (Å²) in [6.07, 6.45) is 0.960. The Morgan fingerprint density at radius 3 is 2.69 bits per heavy atom. The van der Waals surface area contributed by atoms with Crippen molar-refractivity contribution < 1.29 is 14.6 Å². The molecule has 0 fully saturated rings. The van der Waals surface area contributed by atoms with E-state index in [4.69, 9.17) is 9.84 Å². The minimum Gasteiger partial charge on any atom is -0.478 e. The Balaban J connectivity index is 2.63. The van der Waals surface area contributed by atoms with Crippen LogP contribution in [0.3, 0.4) is 0 Å².